The number of sulfonamides is 1. The zero-order chi connectivity index (χ0) is 14.3. The molecule has 20 heavy (non-hydrogen) atoms. The lowest BCUT2D eigenvalue weighted by Gasteiger charge is -2.32. The molecule has 8 heteroatoms. The van der Waals surface area contributed by atoms with Crippen LogP contribution >= 0.6 is 0 Å². The molecule has 0 saturated carbocycles. The minimum Gasteiger partial charge on any atom is -0.365 e. The summed E-state index contributed by atoms with van der Waals surface area (Å²) in [6.45, 7) is 4.51. The Kier molecular flexibility index (Phi) is 3.55. The van der Waals surface area contributed by atoms with E-state index in [4.69, 9.17) is 9.26 Å². The first-order chi connectivity index (χ1) is 9.49. The minimum absolute atomic E-state index is 0.0931. The van der Waals surface area contributed by atoms with Crippen LogP contribution in [0.15, 0.2) is 4.52 Å². The second-order valence-electron chi connectivity index (χ2n) is 5.39. The Hall–Kier alpha value is -0.990. The maximum absolute atomic E-state index is 11.9. The summed E-state index contributed by atoms with van der Waals surface area (Å²) in [5, 5.41) is 3.77. The largest absolute Gasteiger partial charge is 0.365 e. The van der Waals surface area contributed by atoms with Crippen molar-refractivity contribution in [2.45, 2.75) is 38.9 Å². The van der Waals surface area contributed by atoms with Gasteiger partial charge in [-0.05, 0) is 26.7 Å². The lowest BCUT2D eigenvalue weighted by Crippen LogP contribution is -2.44. The Morgan fingerprint density at radius 2 is 2.25 bits per heavy atom. The highest BCUT2D eigenvalue weighted by Crippen LogP contribution is 2.40. The highest BCUT2D eigenvalue weighted by molar-refractivity contribution is 7.89. The van der Waals surface area contributed by atoms with E-state index >= 15 is 0 Å². The SMILES string of the molecule is CCS(=O)(=O)N1CC[C@H]2O[C@@H](c3nc(C)no3)C[C@H]2C1. The zero-order valence-corrected chi connectivity index (χ0v) is 12.5. The molecule has 2 aliphatic heterocycles. The third kappa shape index (κ3) is 2.47. The highest BCUT2D eigenvalue weighted by atomic mass is 32.2. The highest BCUT2D eigenvalue weighted by Gasteiger charge is 2.43. The predicted octanol–water partition coefficient (Wildman–Crippen LogP) is 0.880. The topological polar surface area (TPSA) is 85.5 Å². The van der Waals surface area contributed by atoms with Crippen molar-refractivity contribution in [2.24, 2.45) is 5.92 Å². The van der Waals surface area contributed by atoms with Gasteiger partial charge in [-0.2, -0.15) is 4.98 Å². The normalized spacial score (nSPS) is 31.4. The molecule has 0 spiro atoms. The van der Waals surface area contributed by atoms with Crippen LogP contribution in [-0.4, -0.2) is 47.8 Å². The summed E-state index contributed by atoms with van der Waals surface area (Å²) in [5.74, 6) is 1.45. The van der Waals surface area contributed by atoms with Gasteiger partial charge < -0.3 is 9.26 Å². The van der Waals surface area contributed by atoms with Gasteiger partial charge in [-0.25, -0.2) is 12.7 Å². The number of piperidine rings is 1. The average Bonchev–Trinajstić information content (AvgIpc) is 3.03. The molecule has 3 atom stereocenters. The van der Waals surface area contributed by atoms with Gasteiger partial charge in [0.2, 0.25) is 10.0 Å². The van der Waals surface area contributed by atoms with Crippen molar-refractivity contribution in [2.75, 3.05) is 18.8 Å². The standard InChI is InChI=1S/C12H19N3O4S/c1-3-20(16,17)15-5-4-10-9(7-15)6-11(18-10)12-13-8(2)14-19-12/h9-11H,3-7H2,1-2H3/t9-,10+,11+/m0/s1. The molecule has 2 fully saturated rings. The van der Waals surface area contributed by atoms with Gasteiger partial charge in [-0.3, -0.25) is 0 Å². The molecular weight excluding hydrogens is 282 g/mol. The van der Waals surface area contributed by atoms with E-state index in [1.165, 1.54) is 0 Å². The monoisotopic (exact) mass is 301 g/mol. The second-order valence-corrected chi connectivity index (χ2v) is 7.64. The van der Waals surface area contributed by atoms with Crippen LogP contribution in [0.4, 0.5) is 0 Å². The van der Waals surface area contributed by atoms with E-state index in [1.807, 2.05) is 0 Å². The fraction of sp³-hybridized carbons (Fsp3) is 0.833. The molecule has 0 amide bonds. The number of ether oxygens (including phenoxy) is 1. The maximum Gasteiger partial charge on any atom is 0.255 e. The van der Waals surface area contributed by atoms with E-state index in [2.05, 4.69) is 10.1 Å². The summed E-state index contributed by atoms with van der Waals surface area (Å²) in [4.78, 5) is 4.20. The lowest BCUT2D eigenvalue weighted by molar-refractivity contribution is -0.000170. The van der Waals surface area contributed by atoms with Crippen LogP contribution in [0.3, 0.4) is 0 Å². The Bertz CT molecular complexity index is 585. The van der Waals surface area contributed by atoms with Gasteiger partial charge in [-0.1, -0.05) is 5.16 Å². The maximum atomic E-state index is 11.9. The predicted molar refractivity (Wildman–Crippen MR) is 70.4 cm³/mol. The van der Waals surface area contributed by atoms with E-state index in [9.17, 15) is 8.42 Å². The van der Waals surface area contributed by atoms with Gasteiger partial charge in [0, 0.05) is 19.0 Å². The van der Waals surface area contributed by atoms with Crippen LogP contribution in [-0.2, 0) is 14.8 Å². The lowest BCUT2D eigenvalue weighted by atomic mass is 9.94. The number of aryl methyl sites for hydroxylation is 1. The van der Waals surface area contributed by atoms with Crippen LogP contribution in [0.5, 0.6) is 0 Å². The van der Waals surface area contributed by atoms with Crippen molar-refractivity contribution in [3.05, 3.63) is 11.7 Å². The van der Waals surface area contributed by atoms with Crippen LogP contribution < -0.4 is 0 Å². The number of fused-ring (bicyclic) bond motifs is 1. The van der Waals surface area contributed by atoms with E-state index < -0.39 is 10.0 Å². The number of rotatable bonds is 3. The molecule has 0 unspecified atom stereocenters. The smallest absolute Gasteiger partial charge is 0.255 e. The summed E-state index contributed by atoms with van der Waals surface area (Å²) < 4.78 is 36.6. The Balaban J connectivity index is 1.70. The third-order valence-electron chi connectivity index (χ3n) is 4.06. The van der Waals surface area contributed by atoms with E-state index in [-0.39, 0.29) is 23.9 Å². The van der Waals surface area contributed by atoms with Crippen LogP contribution in [0.2, 0.25) is 0 Å². The van der Waals surface area contributed by atoms with Crippen LogP contribution in [0.1, 0.15) is 37.6 Å². The van der Waals surface area contributed by atoms with Crippen molar-refractivity contribution in [3.8, 4) is 0 Å². The first kappa shape index (κ1) is 14.0. The van der Waals surface area contributed by atoms with E-state index in [1.54, 1.807) is 18.2 Å². The van der Waals surface area contributed by atoms with E-state index in [0.717, 1.165) is 12.8 Å². The molecular formula is C12H19N3O4S. The first-order valence-electron chi connectivity index (χ1n) is 6.93. The summed E-state index contributed by atoms with van der Waals surface area (Å²) in [6.07, 6.45) is 1.36. The van der Waals surface area contributed by atoms with E-state index in [0.29, 0.717) is 24.8 Å². The fourth-order valence-corrected chi connectivity index (χ4v) is 4.13. The van der Waals surface area contributed by atoms with Crippen molar-refractivity contribution < 1.29 is 17.7 Å². The minimum atomic E-state index is -3.11. The Labute approximate surface area is 118 Å². The van der Waals surface area contributed by atoms with Crippen molar-refractivity contribution in [1.29, 1.82) is 0 Å². The average molecular weight is 301 g/mol. The number of aromatic nitrogens is 2. The molecule has 3 heterocycles. The second kappa shape index (κ2) is 5.09. The summed E-state index contributed by atoms with van der Waals surface area (Å²) in [6, 6.07) is 0. The summed E-state index contributed by atoms with van der Waals surface area (Å²) >= 11 is 0. The molecule has 0 aromatic carbocycles. The summed E-state index contributed by atoms with van der Waals surface area (Å²) in [5.41, 5.74) is 0. The van der Waals surface area contributed by atoms with Gasteiger partial charge in [0.25, 0.3) is 5.89 Å². The van der Waals surface area contributed by atoms with Gasteiger partial charge in [0.1, 0.15) is 6.10 Å². The fourth-order valence-electron chi connectivity index (χ4n) is 2.96. The zero-order valence-electron chi connectivity index (χ0n) is 11.7. The summed E-state index contributed by atoms with van der Waals surface area (Å²) in [7, 11) is -3.11. The quantitative estimate of drug-likeness (QED) is 0.824. The molecule has 0 aliphatic carbocycles. The molecule has 2 saturated heterocycles. The van der Waals surface area contributed by atoms with Crippen molar-refractivity contribution in [3.63, 3.8) is 0 Å². The number of hydrogen-bond acceptors (Lipinski definition) is 6. The molecule has 3 rings (SSSR count). The molecule has 0 bridgehead atoms. The van der Waals surface area contributed by atoms with Crippen LogP contribution in [0, 0.1) is 12.8 Å². The Morgan fingerprint density at radius 1 is 1.45 bits per heavy atom. The number of hydrogen-bond donors (Lipinski definition) is 0. The first-order valence-corrected chi connectivity index (χ1v) is 8.54. The van der Waals surface area contributed by atoms with Crippen molar-refractivity contribution >= 4 is 10.0 Å². The Morgan fingerprint density at radius 3 is 2.90 bits per heavy atom. The van der Waals surface area contributed by atoms with Crippen LogP contribution in [0.25, 0.3) is 0 Å². The molecule has 0 N–H and O–H groups in total. The number of nitrogens with zero attached hydrogens (tertiary/aromatic N) is 3. The van der Waals surface area contributed by atoms with Gasteiger partial charge in [0.05, 0.1) is 11.9 Å². The molecule has 7 nitrogen and oxygen atoms in total. The van der Waals surface area contributed by atoms with Gasteiger partial charge in [-0.15, -0.1) is 0 Å². The van der Waals surface area contributed by atoms with Gasteiger partial charge >= 0.3 is 0 Å². The molecule has 1 aromatic rings. The molecule has 2 aliphatic rings. The van der Waals surface area contributed by atoms with Crippen molar-refractivity contribution in [1.82, 2.24) is 14.4 Å². The molecule has 112 valence electrons. The third-order valence-corrected chi connectivity index (χ3v) is 5.91. The molecule has 0 radical (unpaired) electrons. The van der Waals surface area contributed by atoms with Gasteiger partial charge in [0.15, 0.2) is 5.82 Å². The molecule has 1 aromatic heterocycles.